The first-order valence-electron chi connectivity index (χ1n) is 4.87. The van der Waals surface area contributed by atoms with Gasteiger partial charge in [0.25, 0.3) is 0 Å². The second-order valence-corrected chi connectivity index (χ2v) is 3.39. The van der Waals surface area contributed by atoms with Gasteiger partial charge < -0.3 is 10.5 Å². The fourth-order valence-corrected chi connectivity index (χ4v) is 1.21. The first kappa shape index (κ1) is 13.8. The third-order valence-electron chi connectivity index (χ3n) is 2.02. The number of alkyl halides is 3. The van der Waals surface area contributed by atoms with Crippen LogP contribution in [0.1, 0.15) is 17.5 Å². The highest BCUT2D eigenvalue weighted by Crippen LogP contribution is 2.36. The summed E-state index contributed by atoms with van der Waals surface area (Å²) in [5.74, 6) is -1.10. The van der Waals surface area contributed by atoms with E-state index in [1.54, 1.807) is 6.07 Å². The average molecular weight is 258 g/mol. The molecular weight excluding hydrogens is 249 g/mol. The fraction of sp³-hybridized carbons (Fsp3) is 0.273. The summed E-state index contributed by atoms with van der Waals surface area (Å²) in [4.78, 5) is 10.4. The molecule has 1 aromatic rings. The molecule has 7 heteroatoms. The molecule has 0 aliphatic heterocycles. The van der Waals surface area contributed by atoms with Crippen LogP contribution in [0.4, 0.5) is 13.2 Å². The normalized spacial score (nSPS) is 10.8. The number of benzene rings is 1. The fourth-order valence-electron chi connectivity index (χ4n) is 1.21. The molecule has 18 heavy (non-hydrogen) atoms. The predicted octanol–water partition coefficient (Wildman–Crippen LogP) is 1.83. The lowest BCUT2D eigenvalue weighted by Gasteiger charge is -2.13. The maximum Gasteiger partial charge on any atom is 0.420 e. The van der Waals surface area contributed by atoms with E-state index in [0.29, 0.717) is 6.07 Å². The lowest BCUT2D eigenvalue weighted by atomic mass is 10.1. The van der Waals surface area contributed by atoms with Crippen molar-refractivity contribution in [3.05, 3.63) is 29.3 Å². The Morgan fingerprint density at radius 3 is 2.61 bits per heavy atom. The smallest absolute Gasteiger partial charge is 0.420 e. The van der Waals surface area contributed by atoms with Gasteiger partial charge in [0.05, 0.1) is 30.2 Å². The predicted molar refractivity (Wildman–Crippen MR) is 55.5 cm³/mol. The van der Waals surface area contributed by atoms with Gasteiger partial charge in [-0.1, -0.05) is 0 Å². The van der Waals surface area contributed by atoms with Gasteiger partial charge in [-0.2, -0.15) is 18.4 Å². The van der Waals surface area contributed by atoms with Gasteiger partial charge in [-0.05, 0) is 18.2 Å². The third kappa shape index (κ3) is 3.66. The number of rotatable bonds is 4. The molecule has 0 bridgehead atoms. The van der Waals surface area contributed by atoms with E-state index in [1.165, 1.54) is 6.07 Å². The molecule has 96 valence electrons. The number of carbonyl (C=O) groups is 1. The minimum Gasteiger partial charge on any atom is -0.492 e. The van der Waals surface area contributed by atoms with Crippen LogP contribution in [0.2, 0.25) is 0 Å². The summed E-state index contributed by atoms with van der Waals surface area (Å²) in [5.41, 5.74) is 3.67. The Morgan fingerprint density at radius 1 is 1.44 bits per heavy atom. The van der Waals surface area contributed by atoms with Gasteiger partial charge in [-0.15, -0.1) is 0 Å². The summed E-state index contributed by atoms with van der Waals surface area (Å²) in [5, 5.41) is 8.55. The molecule has 1 rings (SSSR count). The van der Waals surface area contributed by atoms with Crippen LogP contribution in [0.25, 0.3) is 0 Å². The summed E-state index contributed by atoms with van der Waals surface area (Å²) in [6.07, 6.45) is -4.81. The zero-order valence-corrected chi connectivity index (χ0v) is 9.12. The number of ether oxygens (including phenoxy) is 1. The lowest BCUT2D eigenvalue weighted by molar-refractivity contribution is -0.138. The van der Waals surface area contributed by atoms with E-state index < -0.39 is 23.4 Å². The van der Waals surface area contributed by atoms with Crippen molar-refractivity contribution in [1.29, 1.82) is 5.26 Å². The molecule has 0 unspecified atom stereocenters. The van der Waals surface area contributed by atoms with Gasteiger partial charge in [0.1, 0.15) is 5.75 Å². The average Bonchev–Trinajstić information content (AvgIpc) is 2.27. The highest BCUT2D eigenvalue weighted by molar-refractivity contribution is 5.73. The molecule has 1 aromatic carbocycles. The molecule has 0 fully saturated rings. The van der Waals surface area contributed by atoms with Gasteiger partial charge >= 0.3 is 6.18 Å². The Morgan fingerprint density at radius 2 is 2.11 bits per heavy atom. The molecule has 4 nitrogen and oxygen atoms in total. The maximum atomic E-state index is 12.7. The largest absolute Gasteiger partial charge is 0.492 e. The van der Waals surface area contributed by atoms with Crippen molar-refractivity contribution in [1.82, 2.24) is 0 Å². The second kappa shape index (κ2) is 5.40. The molecule has 0 aliphatic carbocycles. The molecule has 0 saturated heterocycles. The highest BCUT2D eigenvalue weighted by Gasteiger charge is 2.34. The van der Waals surface area contributed by atoms with E-state index in [4.69, 9.17) is 15.7 Å². The van der Waals surface area contributed by atoms with E-state index >= 15 is 0 Å². The summed E-state index contributed by atoms with van der Waals surface area (Å²) in [6, 6.07) is 4.55. The van der Waals surface area contributed by atoms with Crippen LogP contribution >= 0.6 is 0 Å². The number of nitrogens with zero attached hydrogens (tertiary/aromatic N) is 1. The molecule has 1 amide bonds. The molecule has 0 atom stereocenters. The number of amides is 1. The number of primary amides is 1. The minimum atomic E-state index is -4.63. The molecule has 0 saturated carbocycles. The minimum absolute atomic E-state index is 0.121. The van der Waals surface area contributed by atoms with Crippen LogP contribution in [0, 0.1) is 11.3 Å². The molecule has 0 aromatic heterocycles. The Hall–Kier alpha value is -2.23. The van der Waals surface area contributed by atoms with Crippen molar-refractivity contribution in [2.24, 2.45) is 5.73 Å². The van der Waals surface area contributed by atoms with Crippen molar-refractivity contribution in [3.63, 3.8) is 0 Å². The second-order valence-electron chi connectivity index (χ2n) is 3.39. The van der Waals surface area contributed by atoms with Crippen LogP contribution in [0.15, 0.2) is 18.2 Å². The number of nitrogens with two attached hydrogens (primary N) is 1. The number of hydrogen-bond acceptors (Lipinski definition) is 3. The summed E-state index contributed by atoms with van der Waals surface area (Å²) >= 11 is 0. The van der Waals surface area contributed by atoms with Crippen molar-refractivity contribution in [2.45, 2.75) is 12.6 Å². The van der Waals surface area contributed by atoms with Gasteiger partial charge in [-0.3, -0.25) is 4.79 Å². The quantitative estimate of drug-likeness (QED) is 0.895. The monoisotopic (exact) mass is 258 g/mol. The zero-order chi connectivity index (χ0) is 13.8. The number of carbonyl (C=O) groups excluding carboxylic acids is 1. The number of halogens is 3. The Labute approximate surface area is 101 Å². The molecule has 0 heterocycles. The standard InChI is InChI=1S/C11H9F3N2O2/c12-11(13,14)8-5-7(6-15)1-2-9(8)18-4-3-10(16)17/h1-2,5H,3-4H2,(H2,16,17). The van der Waals surface area contributed by atoms with Crippen molar-refractivity contribution in [2.75, 3.05) is 6.61 Å². The highest BCUT2D eigenvalue weighted by atomic mass is 19.4. The molecule has 2 N–H and O–H groups in total. The molecule has 0 aliphatic rings. The van der Waals surface area contributed by atoms with E-state index in [-0.39, 0.29) is 18.6 Å². The summed E-state index contributed by atoms with van der Waals surface area (Å²) < 4.78 is 42.9. The molecule has 0 radical (unpaired) electrons. The van der Waals surface area contributed by atoms with E-state index in [1.807, 2.05) is 0 Å². The van der Waals surface area contributed by atoms with Crippen molar-refractivity contribution < 1.29 is 22.7 Å². The van der Waals surface area contributed by atoms with Gasteiger partial charge in [-0.25, -0.2) is 0 Å². The molecular formula is C11H9F3N2O2. The van der Waals surface area contributed by atoms with Crippen LogP contribution in [-0.2, 0) is 11.0 Å². The van der Waals surface area contributed by atoms with E-state index in [0.717, 1.165) is 6.07 Å². The van der Waals surface area contributed by atoms with Gasteiger partial charge in [0, 0.05) is 0 Å². The lowest BCUT2D eigenvalue weighted by Crippen LogP contribution is -2.16. The molecule has 0 spiro atoms. The SMILES string of the molecule is N#Cc1ccc(OCCC(N)=O)c(C(F)(F)F)c1. The van der Waals surface area contributed by atoms with Gasteiger partial charge in [0.2, 0.25) is 5.91 Å². The van der Waals surface area contributed by atoms with Crippen molar-refractivity contribution in [3.8, 4) is 11.8 Å². The summed E-state index contributed by atoms with van der Waals surface area (Å²) in [7, 11) is 0. The number of hydrogen-bond donors (Lipinski definition) is 1. The van der Waals surface area contributed by atoms with Crippen LogP contribution < -0.4 is 10.5 Å². The van der Waals surface area contributed by atoms with E-state index in [9.17, 15) is 18.0 Å². The Kier molecular flexibility index (Phi) is 4.15. The Bertz CT molecular complexity index is 492. The number of nitriles is 1. The summed E-state index contributed by atoms with van der Waals surface area (Å²) in [6.45, 7) is -0.246. The Balaban J connectivity index is 2.97. The first-order chi connectivity index (χ1) is 8.34. The topological polar surface area (TPSA) is 76.1 Å². The van der Waals surface area contributed by atoms with E-state index in [2.05, 4.69) is 0 Å². The van der Waals surface area contributed by atoms with Crippen LogP contribution in [-0.4, -0.2) is 12.5 Å². The van der Waals surface area contributed by atoms with Crippen molar-refractivity contribution >= 4 is 5.91 Å². The van der Waals surface area contributed by atoms with Crippen LogP contribution in [0.3, 0.4) is 0 Å². The van der Waals surface area contributed by atoms with Gasteiger partial charge in [0.15, 0.2) is 0 Å². The van der Waals surface area contributed by atoms with Crippen LogP contribution in [0.5, 0.6) is 5.75 Å². The third-order valence-corrected chi connectivity index (χ3v) is 2.02. The zero-order valence-electron chi connectivity index (χ0n) is 9.12. The maximum absolute atomic E-state index is 12.7. The first-order valence-corrected chi connectivity index (χ1v) is 4.87.